The second kappa shape index (κ2) is 12.1. The maximum Gasteiger partial charge on any atom is 0.352 e. The number of anilines is 2. The monoisotopic (exact) mass is 609 g/mol. The number of allylic oxidation sites excluding steroid dienone is 2. The molecule has 0 spiro atoms. The Morgan fingerprint density at radius 3 is 2.79 bits per heavy atom. The molecular formula is C25H27Cl2N6O4S2+. The minimum atomic E-state index is -1.20. The first kappa shape index (κ1) is 29.1. The van der Waals surface area contributed by atoms with Crippen LogP contribution < -0.4 is 20.5 Å². The molecule has 4 rings (SSSR count). The third-order valence-electron chi connectivity index (χ3n) is 6.07. The number of carbonyl (C=O) groups is 3. The molecule has 2 amide bonds. The van der Waals surface area contributed by atoms with Crippen molar-refractivity contribution in [1.29, 1.82) is 0 Å². The molecule has 1 aromatic carbocycles. The average Bonchev–Trinajstić information content (AvgIpc) is 2.88. The molecule has 10 nitrogen and oxygen atoms in total. The summed E-state index contributed by atoms with van der Waals surface area (Å²) in [4.78, 5) is 45.8. The number of hydrogen-bond donors (Lipinski definition) is 3. The van der Waals surface area contributed by atoms with E-state index in [-0.39, 0.29) is 17.4 Å². The first-order valence-corrected chi connectivity index (χ1v) is 14.6. The molecule has 0 bridgehead atoms. The topological polar surface area (TPSA) is 133 Å². The molecule has 2 aliphatic rings. The standard InChI is InChI=1S/C25H26Cl2N6O4S2/c1-13-29-18(28)10-20(31(2)3)32(13)8-4-5-14-11-39-24-21(23(35)33(24)22(14)25(36)37)30-19(34)12-38-17-9-15(26)6-7-16(17)27/h4-7,9-10,21,24,28H,8,11-12H2,1-3H3,(H2,30,34,36,37)/p+1/t21-,24-/m1/s1. The number of benzene rings is 1. The van der Waals surface area contributed by atoms with Crippen molar-refractivity contribution in [2.24, 2.45) is 0 Å². The van der Waals surface area contributed by atoms with E-state index >= 15 is 0 Å². The van der Waals surface area contributed by atoms with Gasteiger partial charge in [0.15, 0.2) is 0 Å². The maximum atomic E-state index is 13.0. The predicted molar refractivity (Wildman–Crippen MR) is 154 cm³/mol. The lowest BCUT2D eigenvalue weighted by molar-refractivity contribution is -0.683. The van der Waals surface area contributed by atoms with E-state index in [1.165, 1.54) is 28.4 Å². The van der Waals surface area contributed by atoms with Crippen LogP contribution in [-0.2, 0) is 20.9 Å². The minimum absolute atomic E-state index is 0.0306. The van der Waals surface area contributed by atoms with Crippen molar-refractivity contribution in [3.63, 3.8) is 0 Å². The molecule has 0 radical (unpaired) electrons. The Balaban J connectivity index is 1.44. The number of hydrogen-bond acceptors (Lipinski definition) is 8. The van der Waals surface area contributed by atoms with Crippen LogP contribution in [0.25, 0.3) is 0 Å². The number of nitrogens with two attached hydrogens (primary N) is 1. The van der Waals surface area contributed by atoms with E-state index in [0.29, 0.717) is 44.5 Å². The number of carbonyl (C=O) groups excluding carboxylic acids is 2. The average molecular weight is 611 g/mol. The summed E-state index contributed by atoms with van der Waals surface area (Å²) in [5.41, 5.74) is 6.33. The molecule has 3 heterocycles. The largest absolute Gasteiger partial charge is 0.477 e. The summed E-state index contributed by atoms with van der Waals surface area (Å²) < 4.78 is 1.95. The van der Waals surface area contributed by atoms with Crippen molar-refractivity contribution in [2.45, 2.75) is 29.8 Å². The van der Waals surface area contributed by atoms with Crippen molar-refractivity contribution in [1.82, 2.24) is 15.2 Å². The molecule has 2 aromatic rings. The summed E-state index contributed by atoms with van der Waals surface area (Å²) in [7, 11) is 3.79. The molecule has 1 saturated heterocycles. The number of carboxylic acid groups (broad SMARTS) is 1. The van der Waals surface area contributed by atoms with Gasteiger partial charge in [-0.2, -0.15) is 0 Å². The number of thioether (sulfide) groups is 2. The zero-order chi connectivity index (χ0) is 28.4. The van der Waals surface area contributed by atoms with Crippen molar-refractivity contribution in [3.05, 3.63) is 63.6 Å². The van der Waals surface area contributed by atoms with E-state index in [1.807, 2.05) is 36.6 Å². The number of nitrogens with one attached hydrogen (secondary N) is 1. The normalized spacial score (nSPS) is 18.7. The van der Waals surface area contributed by atoms with Gasteiger partial charge in [-0.05, 0) is 23.8 Å². The molecular weight excluding hydrogens is 583 g/mol. The Morgan fingerprint density at radius 2 is 2.10 bits per heavy atom. The van der Waals surface area contributed by atoms with Crippen LogP contribution in [0, 0.1) is 6.92 Å². The smallest absolute Gasteiger partial charge is 0.352 e. The van der Waals surface area contributed by atoms with Gasteiger partial charge < -0.3 is 16.2 Å². The van der Waals surface area contributed by atoms with Crippen LogP contribution in [0.15, 0.2) is 52.6 Å². The predicted octanol–water partition coefficient (Wildman–Crippen LogP) is 2.72. The number of halogens is 2. The van der Waals surface area contributed by atoms with Crippen molar-refractivity contribution in [2.75, 3.05) is 36.2 Å². The van der Waals surface area contributed by atoms with Crippen LogP contribution in [0.3, 0.4) is 0 Å². The van der Waals surface area contributed by atoms with E-state index in [1.54, 1.807) is 30.3 Å². The Labute approximate surface area is 244 Å². The number of nitrogens with zero attached hydrogens (tertiary/aromatic N) is 4. The highest BCUT2D eigenvalue weighted by Crippen LogP contribution is 2.40. The Morgan fingerprint density at radius 1 is 1.36 bits per heavy atom. The van der Waals surface area contributed by atoms with E-state index in [2.05, 4.69) is 10.3 Å². The van der Waals surface area contributed by atoms with Crippen LogP contribution in [0.5, 0.6) is 0 Å². The molecule has 2 atom stereocenters. The fraction of sp³-hybridized carbons (Fsp3) is 0.320. The van der Waals surface area contributed by atoms with E-state index in [9.17, 15) is 19.5 Å². The molecule has 14 heteroatoms. The van der Waals surface area contributed by atoms with Gasteiger partial charge in [-0.25, -0.2) is 9.36 Å². The zero-order valence-corrected chi connectivity index (χ0v) is 24.5. The molecule has 4 N–H and O–H groups in total. The van der Waals surface area contributed by atoms with Crippen LogP contribution in [0.2, 0.25) is 10.0 Å². The van der Waals surface area contributed by atoms with Crippen molar-refractivity contribution < 1.29 is 24.1 Å². The third-order valence-corrected chi connectivity index (χ3v) is 9.10. The lowest BCUT2D eigenvalue weighted by Gasteiger charge is -2.49. The second-order valence-corrected chi connectivity index (χ2v) is 12.0. The Kier molecular flexibility index (Phi) is 9.00. The third kappa shape index (κ3) is 6.29. The molecule has 0 aliphatic carbocycles. The van der Waals surface area contributed by atoms with Crippen LogP contribution in [0.4, 0.5) is 11.6 Å². The number of aromatic nitrogens is 2. The van der Waals surface area contributed by atoms with Gasteiger partial charge in [0.05, 0.1) is 37.5 Å². The summed E-state index contributed by atoms with van der Waals surface area (Å²) in [6.45, 7) is 2.27. The SMILES string of the molecule is Cc1nc(N)cc(N(C)C)[n+]1CC=CC1=C(C(=O)O)N2C(=O)[C@@H](NC(=O)CSc3cc(Cl)ccc3Cl)[C@H]2SC1. The molecule has 2 aliphatic heterocycles. The molecule has 1 aromatic heterocycles. The Hall–Kier alpha value is -2.93. The van der Waals surface area contributed by atoms with Gasteiger partial charge in [0.1, 0.15) is 17.1 Å². The van der Waals surface area contributed by atoms with Gasteiger partial charge in [-0.1, -0.05) is 40.3 Å². The highest BCUT2D eigenvalue weighted by Gasteiger charge is 2.53. The lowest BCUT2D eigenvalue weighted by atomic mass is 10.0. The van der Waals surface area contributed by atoms with E-state index < -0.39 is 23.3 Å². The number of aliphatic carboxylic acids is 1. The summed E-state index contributed by atoms with van der Waals surface area (Å²) in [5, 5.41) is 13.1. The van der Waals surface area contributed by atoms with Gasteiger partial charge >= 0.3 is 5.97 Å². The van der Waals surface area contributed by atoms with Gasteiger partial charge in [-0.3, -0.25) is 19.4 Å². The first-order chi connectivity index (χ1) is 18.5. The minimum Gasteiger partial charge on any atom is -0.477 e. The second-order valence-electron chi connectivity index (χ2n) is 8.99. The van der Waals surface area contributed by atoms with E-state index in [0.717, 1.165) is 5.82 Å². The molecule has 39 heavy (non-hydrogen) atoms. The molecule has 1 fully saturated rings. The highest BCUT2D eigenvalue weighted by molar-refractivity contribution is 8.00. The lowest BCUT2D eigenvalue weighted by Crippen LogP contribution is -2.70. The van der Waals surface area contributed by atoms with Crippen LogP contribution in [-0.4, -0.2) is 69.8 Å². The number of nitrogen functional groups attached to an aromatic ring is 1. The van der Waals surface area contributed by atoms with Gasteiger partial charge in [-0.15, -0.1) is 23.5 Å². The van der Waals surface area contributed by atoms with Gasteiger partial charge in [0.25, 0.3) is 5.91 Å². The number of β-lactam (4-membered cyclic amide) rings is 1. The molecule has 206 valence electrons. The molecule has 0 unspecified atom stereocenters. The van der Waals surface area contributed by atoms with Crippen molar-refractivity contribution in [3.8, 4) is 0 Å². The summed E-state index contributed by atoms with van der Waals surface area (Å²) in [6, 6.07) is 5.93. The van der Waals surface area contributed by atoms with Gasteiger partial charge in [0.2, 0.25) is 23.4 Å². The van der Waals surface area contributed by atoms with Crippen LogP contribution in [0.1, 0.15) is 5.82 Å². The number of rotatable bonds is 9. The fourth-order valence-electron chi connectivity index (χ4n) is 4.27. The van der Waals surface area contributed by atoms with E-state index in [4.69, 9.17) is 28.9 Å². The number of fused-ring (bicyclic) bond motifs is 1. The van der Waals surface area contributed by atoms with Crippen molar-refractivity contribution >= 4 is 76.1 Å². The fourth-order valence-corrected chi connectivity index (χ4v) is 6.89. The summed E-state index contributed by atoms with van der Waals surface area (Å²) >= 11 is 14.8. The highest BCUT2D eigenvalue weighted by atomic mass is 35.5. The summed E-state index contributed by atoms with van der Waals surface area (Å²) in [6.07, 6.45) is 3.55. The molecule has 0 saturated carbocycles. The number of aryl methyl sites for hydroxylation is 1. The van der Waals surface area contributed by atoms with Gasteiger partial charge in [0, 0.05) is 22.6 Å². The number of amides is 2. The summed E-state index contributed by atoms with van der Waals surface area (Å²) in [5.74, 6) is 0.352. The quantitative estimate of drug-likeness (QED) is 0.223. The first-order valence-electron chi connectivity index (χ1n) is 11.8. The Bertz CT molecular complexity index is 1400. The maximum absolute atomic E-state index is 13.0. The van der Waals surface area contributed by atoms with Crippen LogP contribution >= 0.6 is 46.7 Å². The number of carboxylic acids is 1. The zero-order valence-electron chi connectivity index (χ0n) is 21.4.